The van der Waals surface area contributed by atoms with Crippen molar-refractivity contribution >= 4 is 34.5 Å². The van der Waals surface area contributed by atoms with E-state index in [0.717, 1.165) is 0 Å². The lowest BCUT2D eigenvalue weighted by atomic mass is 10.2. The Morgan fingerprint density at radius 3 is 2.74 bits per heavy atom. The summed E-state index contributed by atoms with van der Waals surface area (Å²) in [5, 5.41) is 31.7. The molecule has 2 aromatic heterocycles. The predicted octanol–water partition coefficient (Wildman–Crippen LogP) is -0.482. The largest absolute Gasteiger partial charge is 0.739 e. The van der Waals surface area contributed by atoms with Gasteiger partial charge in [0.05, 0.1) is 6.20 Å². The maximum atomic E-state index is 11.9. The van der Waals surface area contributed by atoms with Crippen LogP contribution in [0.2, 0.25) is 0 Å². The lowest BCUT2D eigenvalue weighted by molar-refractivity contribution is -0.671. The molecule has 0 unspecified atom stereocenters. The Kier molecular flexibility index (Phi) is 3.43. The van der Waals surface area contributed by atoms with Crippen molar-refractivity contribution in [1.82, 2.24) is 15.1 Å². The molecule has 0 aliphatic rings. The first kappa shape index (κ1) is 14.2. The van der Waals surface area contributed by atoms with E-state index in [1.54, 1.807) is 0 Å². The first-order chi connectivity index (χ1) is 11.0. The second kappa shape index (κ2) is 5.55. The molecule has 116 valence electrons. The lowest BCUT2D eigenvalue weighted by Gasteiger charge is -2.10. The van der Waals surface area contributed by atoms with Gasteiger partial charge in [0.1, 0.15) is 0 Å². The molecular formula is C12H10N8O3. The minimum Gasteiger partial charge on any atom is -0.739 e. The number of carbonyl (C=O) groups excluding carboxylic acids is 1. The van der Waals surface area contributed by atoms with E-state index in [-0.39, 0.29) is 27.4 Å². The zero-order chi connectivity index (χ0) is 16.4. The number of carbonyl (C=O) groups is 1. The van der Waals surface area contributed by atoms with Gasteiger partial charge in [0.2, 0.25) is 5.10 Å². The fourth-order valence-corrected chi connectivity index (χ4v) is 1.88. The second-order valence-corrected chi connectivity index (χ2v) is 4.40. The first-order valence-corrected chi connectivity index (χ1v) is 6.31. The summed E-state index contributed by atoms with van der Waals surface area (Å²) in [7, 11) is 0. The fraction of sp³-hybridized carbons (Fsp3) is 0. The standard InChI is InChI=1S/C12H10N8O3/c13-11-18-20(23)8-2-1-7(5-9(8)19(11)22)16-12(21)17-10-6-14-3-4-15-10/h1-6H,(H2,13,18)(H2,15,16,17,21). The molecule has 3 rings (SSSR count). The van der Waals surface area contributed by atoms with Crippen molar-refractivity contribution in [3.05, 3.63) is 47.2 Å². The van der Waals surface area contributed by atoms with Crippen LogP contribution in [-0.2, 0) is 0 Å². The summed E-state index contributed by atoms with van der Waals surface area (Å²) in [4.78, 5) is 19.8. The van der Waals surface area contributed by atoms with Gasteiger partial charge in [0, 0.05) is 35.1 Å². The van der Waals surface area contributed by atoms with Crippen LogP contribution in [0, 0.1) is 10.4 Å². The number of amides is 2. The van der Waals surface area contributed by atoms with E-state index in [2.05, 4.69) is 25.7 Å². The number of urea groups is 1. The molecule has 0 fully saturated rings. The molecule has 1 aromatic carbocycles. The highest BCUT2D eigenvalue weighted by molar-refractivity contribution is 5.99. The summed E-state index contributed by atoms with van der Waals surface area (Å²) in [6, 6.07) is 3.52. The van der Waals surface area contributed by atoms with E-state index in [9.17, 15) is 15.2 Å². The smallest absolute Gasteiger partial charge is 0.458 e. The normalized spacial score (nSPS) is 10.4. The number of benzene rings is 1. The molecule has 23 heavy (non-hydrogen) atoms. The van der Waals surface area contributed by atoms with Crippen molar-refractivity contribution in [3.8, 4) is 0 Å². The lowest BCUT2D eigenvalue weighted by Crippen LogP contribution is -2.44. The summed E-state index contributed by atoms with van der Waals surface area (Å²) in [6.45, 7) is 0. The van der Waals surface area contributed by atoms with Gasteiger partial charge >= 0.3 is 12.0 Å². The number of hydrogen-bond acceptors (Lipinski definition) is 7. The summed E-state index contributed by atoms with van der Waals surface area (Å²) in [5.74, 6) is -0.232. The van der Waals surface area contributed by atoms with Crippen LogP contribution in [0.25, 0.3) is 11.0 Å². The predicted molar refractivity (Wildman–Crippen MR) is 78.7 cm³/mol. The highest BCUT2D eigenvalue weighted by Crippen LogP contribution is 2.14. The number of rotatable bonds is 2. The van der Waals surface area contributed by atoms with Crippen molar-refractivity contribution in [2.45, 2.75) is 0 Å². The molecule has 0 spiro atoms. The molecule has 11 nitrogen and oxygen atoms in total. The Labute approximate surface area is 128 Å². The Bertz CT molecular complexity index is 886. The number of nitrogen functional groups attached to an aromatic ring is 1. The first-order valence-electron chi connectivity index (χ1n) is 6.31. The fourth-order valence-electron chi connectivity index (χ4n) is 1.88. The SMILES string of the molecule is Nc1n[n+]([O-])c2ccc(NC(=O)Nc3cnccn3)cc2[n+]1[O-]. The van der Waals surface area contributed by atoms with Gasteiger partial charge in [-0.2, -0.15) is 0 Å². The Balaban J connectivity index is 1.86. The monoisotopic (exact) mass is 314 g/mol. The van der Waals surface area contributed by atoms with Crippen molar-refractivity contribution in [1.29, 1.82) is 0 Å². The quantitative estimate of drug-likeness (QED) is 0.425. The van der Waals surface area contributed by atoms with Crippen LogP contribution < -0.4 is 25.9 Å². The highest BCUT2D eigenvalue weighted by Gasteiger charge is 2.17. The third-order valence-electron chi connectivity index (χ3n) is 2.86. The van der Waals surface area contributed by atoms with E-state index >= 15 is 0 Å². The molecular weight excluding hydrogens is 304 g/mol. The van der Waals surface area contributed by atoms with Crippen LogP contribution >= 0.6 is 0 Å². The van der Waals surface area contributed by atoms with E-state index in [1.165, 1.54) is 36.8 Å². The van der Waals surface area contributed by atoms with Crippen LogP contribution in [0.4, 0.5) is 22.2 Å². The molecule has 2 amide bonds. The molecule has 0 aliphatic carbocycles. The van der Waals surface area contributed by atoms with E-state index in [4.69, 9.17) is 5.73 Å². The van der Waals surface area contributed by atoms with Crippen LogP contribution in [0.5, 0.6) is 0 Å². The van der Waals surface area contributed by atoms with Crippen molar-refractivity contribution in [2.24, 2.45) is 0 Å². The number of nitrogens with one attached hydrogen (secondary N) is 2. The second-order valence-electron chi connectivity index (χ2n) is 4.40. The highest BCUT2D eigenvalue weighted by atomic mass is 16.5. The third kappa shape index (κ3) is 2.83. The van der Waals surface area contributed by atoms with Gasteiger partial charge in [0.25, 0.3) is 5.52 Å². The van der Waals surface area contributed by atoms with Gasteiger partial charge in [0.15, 0.2) is 11.3 Å². The Morgan fingerprint density at radius 1 is 1.17 bits per heavy atom. The molecule has 0 atom stereocenters. The number of hydrogen-bond donors (Lipinski definition) is 3. The van der Waals surface area contributed by atoms with E-state index in [0.29, 0.717) is 4.73 Å². The molecule has 0 aliphatic heterocycles. The maximum Gasteiger partial charge on any atom is 0.458 e. The van der Waals surface area contributed by atoms with Gasteiger partial charge in [-0.15, -0.1) is 0 Å². The van der Waals surface area contributed by atoms with Crippen molar-refractivity contribution < 1.29 is 14.4 Å². The number of anilines is 3. The van der Waals surface area contributed by atoms with E-state index < -0.39 is 12.0 Å². The minimum absolute atomic E-state index is 0.0223. The molecule has 0 radical (unpaired) electrons. The Hall–Kier alpha value is -3.76. The van der Waals surface area contributed by atoms with Gasteiger partial charge in [-0.05, 0) is 6.07 Å². The molecule has 0 saturated carbocycles. The van der Waals surface area contributed by atoms with Crippen LogP contribution in [-0.4, -0.2) is 21.1 Å². The van der Waals surface area contributed by atoms with Gasteiger partial charge in [-0.3, -0.25) is 16.0 Å². The molecule has 0 saturated heterocycles. The summed E-state index contributed by atoms with van der Waals surface area (Å²) in [6.07, 6.45) is 4.27. The van der Waals surface area contributed by atoms with Crippen LogP contribution in [0.15, 0.2) is 36.8 Å². The van der Waals surface area contributed by atoms with Crippen LogP contribution in [0.1, 0.15) is 0 Å². The topological polar surface area (TPSA) is 160 Å². The van der Waals surface area contributed by atoms with Crippen LogP contribution in [0.3, 0.4) is 0 Å². The summed E-state index contributed by atoms with van der Waals surface area (Å²) in [5.41, 5.74) is 5.63. The van der Waals surface area contributed by atoms with Gasteiger partial charge < -0.3 is 15.7 Å². The zero-order valence-corrected chi connectivity index (χ0v) is 11.5. The third-order valence-corrected chi connectivity index (χ3v) is 2.86. The molecule has 4 N–H and O–H groups in total. The van der Waals surface area contributed by atoms with Crippen molar-refractivity contribution in [3.63, 3.8) is 0 Å². The number of nitrogens with zero attached hydrogens (tertiary/aromatic N) is 5. The zero-order valence-electron chi connectivity index (χ0n) is 11.5. The molecule has 3 aromatic rings. The average molecular weight is 314 g/mol. The summed E-state index contributed by atoms with van der Waals surface area (Å²) < 4.78 is 0.301. The summed E-state index contributed by atoms with van der Waals surface area (Å²) >= 11 is 0. The minimum atomic E-state index is -0.584. The average Bonchev–Trinajstić information content (AvgIpc) is 2.53. The molecule has 2 heterocycles. The number of nitrogens with two attached hydrogens (primary N) is 1. The number of fused-ring (bicyclic) bond motifs is 1. The molecule has 0 bridgehead atoms. The van der Waals surface area contributed by atoms with E-state index in [1.807, 2.05) is 0 Å². The van der Waals surface area contributed by atoms with Crippen molar-refractivity contribution in [2.75, 3.05) is 16.4 Å². The number of aromatic nitrogens is 5. The Morgan fingerprint density at radius 2 is 2.00 bits per heavy atom. The van der Waals surface area contributed by atoms with Gasteiger partial charge in [-0.25, -0.2) is 14.5 Å². The maximum absolute atomic E-state index is 11.9. The van der Waals surface area contributed by atoms with Gasteiger partial charge in [-0.1, -0.05) is 0 Å². The molecule has 11 heteroatoms.